The molecular weight excluding hydrogens is 485 g/mol. The first kappa shape index (κ1) is 27.6. The molecule has 2 fully saturated rings. The third-order valence-corrected chi connectivity index (χ3v) is 6.54. The monoisotopic (exact) mass is 513 g/mol. The van der Waals surface area contributed by atoms with Crippen LogP contribution in [0.1, 0.15) is 51.0 Å². The number of quaternary nitrogens is 1. The number of fused-ring (bicyclic) bond motifs is 2. The maximum absolute atomic E-state index is 12.6. The molecule has 1 aromatic carbocycles. The van der Waals surface area contributed by atoms with Gasteiger partial charge in [-0.25, -0.2) is 0 Å². The van der Waals surface area contributed by atoms with Gasteiger partial charge in [0, 0.05) is 25.7 Å². The van der Waals surface area contributed by atoms with E-state index in [2.05, 4.69) is 20.9 Å². The number of carbonyl (C=O) groups excluding carboxylic acids is 1. The van der Waals surface area contributed by atoms with Crippen molar-refractivity contribution in [2.45, 2.75) is 69.7 Å². The Bertz CT molecular complexity index is 574. The summed E-state index contributed by atoms with van der Waals surface area (Å²) in [5, 5.41) is 9.65. The van der Waals surface area contributed by atoms with E-state index in [4.69, 9.17) is 4.74 Å². The van der Waals surface area contributed by atoms with E-state index in [1.54, 1.807) is 0 Å². The molecule has 2 aliphatic heterocycles. The minimum absolute atomic E-state index is 0. The van der Waals surface area contributed by atoms with Crippen molar-refractivity contribution in [3.8, 4) is 0 Å². The maximum atomic E-state index is 12.6. The van der Waals surface area contributed by atoms with Gasteiger partial charge in [-0.05, 0) is 19.4 Å². The van der Waals surface area contributed by atoms with Crippen molar-refractivity contribution in [3.63, 3.8) is 0 Å². The zero-order chi connectivity index (χ0) is 17.3. The number of nitrogens with zero attached hydrogens (tertiary/aromatic N) is 1. The van der Waals surface area contributed by atoms with Gasteiger partial charge in [0.1, 0.15) is 12.0 Å². The summed E-state index contributed by atoms with van der Waals surface area (Å²) in [6.07, 6.45) is 4.36. The molecule has 1 aromatic rings. The van der Waals surface area contributed by atoms with Crippen LogP contribution < -0.4 is 63.5 Å². The fourth-order valence-corrected chi connectivity index (χ4v) is 4.82. The molecule has 0 saturated carbocycles. The maximum Gasteiger partial charge on any atom is 1.00 e. The van der Waals surface area contributed by atoms with Crippen LogP contribution in [0.15, 0.2) is 30.3 Å². The Balaban J connectivity index is 0.00000225. The molecule has 148 valence electrons. The molecule has 4 nitrogen and oxygen atoms in total. The Kier molecular flexibility index (Phi) is 11.9. The summed E-state index contributed by atoms with van der Waals surface area (Å²) >= 11 is 0. The van der Waals surface area contributed by atoms with E-state index in [1.807, 2.05) is 30.3 Å². The van der Waals surface area contributed by atoms with Gasteiger partial charge in [0.25, 0.3) is 0 Å². The molecular formula is C20H30Br2NNaO3. The quantitative estimate of drug-likeness (QED) is 0.242. The number of hydrogen-bond donors (Lipinski definition) is 1. The molecule has 5 atom stereocenters. The van der Waals surface area contributed by atoms with Gasteiger partial charge in [0.2, 0.25) is 0 Å². The molecule has 0 aliphatic carbocycles. The number of hydrogen-bond acceptors (Lipinski definition) is 3. The summed E-state index contributed by atoms with van der Waals surface area (Å²) in [6.45, 7) is 4.39. The van der Waals surface area contributed by atoms with E-state index in [0.717, 1.165) is 22.9 Å². The molecule has 3 unspecified atom stereocenters. The Morgan fingerprint density at radius 2 is 1.67 bits per heavy atom. The zero-order valence-corrected chi connectivity index (χ0v) is 21.9. The van der Waals surface area contributed by atoms with Crippen molar-refractivity contribution in [1.82, 2.24) is 0 Å². The number of rotatable bonds is 5. The molecule has 27 heavy (non-hydrogen) atoms. The number of piperidine rings is 1. The molecule has 3 rings (SSSR count). The fraction of sp³-hybridized carbons (Fsp3) is 0.650. The Morgan fingerprint density at radius 1 is 1.15 bits per heavy atom. The van der Waals surface area contributed by atoms with Crippen LogP contribution >= 0.6 is 0 Å². The van der Waals surface area contributed by atoms with Gasteiger partial charge in [-0.2, -0.15) is 0 Å². The summed E-state index contributed by atoms with van der Waals surface area (Å²) in [4.78, 5) is 12.6. The van der Waals surface area contributed by atoms with E-state index >= 15 is 0 Å². The van der Waals surface area contributed by atoms with Crippen LogP contribution in [-0.2, 0) is 9.53 Å². The standard InChI is InChI=1S/C20H30NO3.2BrH.Na/c1-14(2)21(3)16-9-10-17(21)12-18(11-16)24-20(23)19(13-22)15-7-5-4-6-8-15;;;/h4-8,14,16-19,22H,9-13H2,1-3H3;2*1H;/q+1;;;+1/p-2/t16-,17+,18?,19?,21?;;;. The first-order valence-electron chi connectivity index (χ1n) is 9.18. The number of aliphatic hydroxyl groups is 1. The minimum atomic E-state index is -0.572. The average molecular weight is 515 g/mol. The first-order valence-corrected chi connectivity index (χ1v) is 9.18. The molecule has 0 amide bonds. The molecule has 0 aromatic heterocycles. The van der Waals surface area contributed by atoms with Crippen LogP contribution in [-0.4, -0.2) is 53.4 Å². The molecule has 0 radical (unpaired) electrons. The van der Waals surface area contributed by atoms with Crippen LogP contribution in [0.25, 0.3) is 0 Å². The number of ether oxygens (including phenoxy) is 1. The van der Waals surface area contributed by atoms with Crippen molar-refractivity contribution >= 4 is 5.97 Å². The summed E-state index contributed by atoms with van der Waals surface area (Å²) in [5.41, 5.74) is 0.826. The van der Waals surface area contributed by atoms with Gasteiger partial charge >= 0.3 is 35.5 Å². The van der Waals surface area contributed by atoms with Crippen molar-refractivity contribution < 1.29 is 82.6 Å². The van der Waals surface area contributed by atoms with Crippen LogP contribution in [0, 0.1) is 0 Å². The van der Waals surface area contributed by atoms with Gasteiger partial charge in [-0.15, -0.1) is 0 Å². The second-order valence-electron chi connectivity index (χ2n) is 7.88. The SMILES string of the molecule is CC(C)[N+]1(C)[C@@H]2CC[C@H]1CC(OC(=O)C(CO)c1ccccc1)C2.[Br-].[Br-].[Na+]. The van der Waals surface area contributed by atoms with Crippen molar-refractivity contribution in [3.05, 3.63) is 35.9 Å². The Morgan fingerprint density at radius 3 is 2.11 bits per heavy atom. The Labute approximate surface area is 206 Å². The van der Waals surface area contributed by atoms with Gasteiger partial charge in [-0.3, -0.25) is 4.79 Å². The number of benzene rings is 1. The van der Waals surface area contributed by atoms with Gasteiger partial charge in [0.05, 0.1) is 31.8 Å². The molecule has 2 aliphatic rings. The van der Waals surface area contributed by atoms with Crippen molar-refractivity contribution in [1.29, 1.82) is 0 Å². The van der Waals surface area contributed by atoms with Gasteiger partial charge in [0.15, 0.2) is 0 Å². The van der Waals surface area contributed by atoms with Crippen LogP contribution in [0.4, 0.5) is 0 Å². The Hall–Kier alpha value is 0.570. The largest absolute Gasteiger partial charge is 1.00 e. The first-order chi connectivity index (χ1) is 11.5. The van der Waals surface area contributed by atoms with Crippen molar-refractivity contribution in [2.75, 3.05) is 13.7 Å². The van der Waals surface area contributed by atoms with Crippen LogP contribution in [0.5, 0.6) is 0 Å². The zero-order valence-electron chi connectivity index (χ0n) is 16.8. The van der Waals surface area contributed by atoms with Gasteiger partial charge in [-0.1, -0.05) is 30.3 Å². The third kappa shape index (κ3) is 5.59. The van der Waals surface area contributed by atoms with E-state index in [0.29, 0.717) is 18.1 Å². The molecule has 0 spiro atoms. The topological polar surface area (TPSA) is 46.5 Å². The van der Waals surface area contributed by atoms with Gasteiger partial charge < -0.3 is 48.3 Å². The molecule has 2 bridgehead atoms. The van der Waals surface area contributed by atoms with E-state index in [9.17, 15) is 9.90 Å². The summed E-state index contributed by atoms with van der Waals surface area (Å²) in [6, 6.07) is 11.2. The van der Waals surface area contributed by atoms with E-state index in [-0.39, 0.29) is 82.2 Å². The minimum Gasteiger partial charge on any atom is -1.00 e. The van der Waals surface area contributed by atoms with Crippen LogP contribution in [0.2, 0.25) is 0 Å². The number of esters is 1. The van der Waals surface area contributed by atoms with E-state index in [1.165, 1.54) is 12.8 Å². The van der Waals surface area contributed by atoms with Crippen molar-refractivity contribution in [2.24, 2.45) is 0 Å². The second kappa shape index (κ2) is 11.7. The average Bonchev–Trinajstić information content (AvgIpc) is 2.74. The van der Waals surface area contributed by atoms with Crippen LogP contribution in [0.3, 0.4) is 0 Å². The number of halogens is 2. The third-order valence-electron chi connectivity index (χ3n) is 6.54. The number of carbonyl (C=O) groups is 1. The molecule has 7 heteroatoms. The molecule has 1 N–H and O–H groups in total. The molecule has 2 heterocycles. The number of aliphatic hydroxyl groups excluding tert-OH is 1. The second-order valence-corrected chi connectivity index (χ2v) is 7.88. The normalized spacial score (nSPS) is 29.7. The predicted molar refractivity (Wildman–Crippen MR) is 93.5 cm³/mol. The summed E-state index contributed by atoms with van der Waals surface area (Å²) < 4.78 is 6.96. The summed E-state index contributed by atoms with van der Waals surface area (Å²) in [5.74, 6) is -0.856. The van der Waals surface area contributed by atoms with E-state index < -0.39 is 5.92 Å². The fourth-order valence-electron chi connectivity index (χ4n) is 4.82. The predicted octanol–water partition coefficient (Wildman–Crippen LogP) is -6.13. The summed E-state index contributed by atoms with van der Waals surface area (Å²) in [7, 11) is 2.37. The smallest absolute Gasteiger partial charge is 1.00 e. The molecule has 2 saturated heterocycles.